The van der Waals surface area contributed by atoms with Gasteiger partial charge < -0.3 is 14.5 Å². The Hall–Kier alpha value is -3.26. The van der Waals surface area contributed by atoms with Crippen molar-refractivity contribution in [2.75, 3.05) is 30.3 Å². The quantitative estimate of drug-likeness (QED) is 0.159. The van der Waals surface area contributed by atoms with Gasteiger partial charge in [0.05, 0.1) is 18.2 Å². The number of amides is 2. The molecule has 0 radical (unpaired) electrons. The molecule has 1 aliphatic heterocycles. The summed E-state index contributed by atoms with van der Waals surface area (Å²) in [7, 11) is 0. The van der Waals surface area contributed by atoms with Crippen LogP contribution in [0.5, 0.6) is 5.75 Å². The Morgan fingerprint density at radius 2 is 1.84 bits per heavy atom. The maximum absolute atomic E-state index is 12.8. The van der Waals surface area contributed by atoms with E-state index in [4.69, 9.17) is 9.94 Å². The first-order valence-corrected chi connectivity index (χ1v) is 14.2. The highest BCUT2D eigenvalue weighted by molar-refractivity contribution is 8.00. The van der Waals surface area contributed by atoms with Gasteiger partial charge in [-0.05, 0) is 63.3 Å². The molecule has 0 saturated carbocycles. The molecule has 1 heterocycles. The van der Waals surface area contributed by atoms with E-state index in [1.165, 1.54) is 0 Å². The second-order valence-electron chi connectivity index (χ2n) is 9.14. The number of carbonyl (C=O) groups excluding carboxylic acids is 3. The molecule has 0 aromatic heterocycles. The van der Waals surface area contributed by atoms with E-state index >= 15 is 0 Å². The van der Waals surface area contributed by atoms with Crippen LogP contribution in [0.1, 0.15) is 68.9 Å². The predicted octanol–water partition coefficient (Wildman–Crippen LogP) is 5.07. The van der Waals surface area contributed by atoms with Crippen LogP contribution in [0.3, 0.4) is 0 Å². The van der Waals surface area contributed by atoms with Crippen molar-refractivity contribution in [2.45, 2.75) is 57.7 Å². The molecule has 1 fully saturated rings. The van der Waals surface area contributed by atoms with E-state index in [1.807, 2.05) is 79.1 Å². The van der Waals surface area contributed by atoms with Crippen molar-refractivity contribution in [1.82, 2.24) is 10.4 Å². The van der Waals surface area contributed by atoms with Crippen LogP contribution in [0.25, 0.3) is 0 Å². The van der Waals surface area contributed by atoms with Gasteiger partial charge in [0.15, 0.2) is 0 Å². The minimum absolute atomic E-state index is 0.119. The molecule has 9 heteroatoms. The lowest BCUT2D eigenvalue weighted by Crippen LogP contribution is -2.33. The van der Waals surface area contributed by atoms with E-state index in [1.54, 1.807) is 17.2 Å². The molecule has 0 bridgehead atoms. The molecular weight excluding hydrogens is 502 g/mol. The van der Waals surface area contributed by atoms with Crippen LogP contribution >= 0.6 is 11.8 Å². The van der Waals surface area contributed by atoms with Crippen molar-refractivity contribution in [3.63, 3.8) is 0 Å². The molecule has 8 nitrogen and oxygen atoms in total. The molecular formula is C29H37N3O5S. The van der Waals surface area contributed by atoms with E-state index in [9.17, 15) is 14.4 Å². The fourth-order valence-corrected chi connectivity index (χ4v) is 5.77. The molecule has 2 unspecified atom stereocenters. The Morgan fingerprint density at radius 3 is 2.50 bits per heavy atom. The zero-order valence-electron chi connectivity index (χ0n) is 22.3. The van der Waals surface area contributed by atoms with Crippen LogP contribution in [0.4, 0.5) is 5.69 Å². The molecule has 0 aliphatic carbocycles. The Morgan fingerprint density at radius 1 is 1.13 bits per heavy atom. The van der Waals surface area contributed by atoms with Gasteiger partial charge in [-0.2, -0.15) is 0 Å². The van der Waals surface area contributed by atoms with Crippen LogP contribution in [0, 0.1) is 0 Å². The molecule has 2 atom stereocenters. The number of benzene rings is 2. The van der Waals surface area contributed by atoms with Gasteiger partial charge in [-0.1, -0.05) is 36.4 Å². The lowest BCUT2D eigenvalue weighted by Gasteiger charge is -2.28. The maximum atomic E-state index is 12.8. The summed E-state index contributed by atoms with van der Waals surface area (Å²) in [6.45, 7) is 7.76. The largest absolute Gasteiger partial charge is 0.491 e. The van der Waals surface area contributed by atoms with Gasteiger partial charge in [-0.3, -0.25) is 14.8 Å². The Labute approximate surface area is 229 Å². The fraction of sp³-hybridized carbons (Fsp3) is 0.448. The highest BCUT2D eigenvalue weighted by atomic mass is 32.2. The third kappa shape index (κ3) is 7.19. The van der Waals surface area contributed by atoms with E-state index < -0.39 is 0 Å². The molecule has 0 spiro atoms. The Kier molecular flexibility index (Phi) is 11.3. The van der Waals surface area contributed by atoms with Gasteiger partial charge in [0.1, 0.15) is 22.8 Å². The summed E-state index contributed by atoms with van der Waals surface area (Å²) in [6, 6.07) is 15.7. The first kappa shape index (κ1) is 29.3. The first-order valence-electron chi connectivity index (χ1n) is 13.1. The van der Waals surface area contributed by atoms with E-state index in [0.29, 0.717) is 43.3 Å². The van der Waals surface area contributed by atoms with Crippen molar-refractivity contribution in [1.29, 1.82) is 0 Å². The maximum Gasteiger partial charge on any atom is 0.243 e. The minimum Gasteiger partial charge on any atom is -0.491 e. The summed E-state index contributed by atoms with van der Waals surface area (Å²) < 4.78 is 6.09. The number of hydrogen-bond acceptors (Lipinski definition) is 7. The van der Waals surface area contributed by atoms with Crippen LogP contribution < -0.4 is 15.1 Å². The standard InChI is InChI=1S/C29H37N3O5S/c1-4-31(5-2)28(35)21(3)22-14-16-23(17-15-22)29-32(24(19-33)20-38-29)25-11-8-9-12-26(25)37-18-10-6-7-13-27(34)30-36/h8-9,11-12,14-17,21,29,36H,4-7,10,13,18,20H2,1-3H3,(H,30,34). The highest BCUT2D eigenvalue weighted by Gasteiger charge is 2.34. The number of nitrogens with one attached hydrogen (secondary N) is 1. The normalized spacial score (nSPS) is 15.6. The molecule has 2 N–H and O–H groups in total. The number of hydroxylamine groups is 1. The number of hydrogen-bond donors (Lipinski definition) is 2. The summed E-state index contributed by atoms with van der Waals surface area (Å²) in [5, 5.41) is 8.46. The number of thioether (sulfide) groups is 1. The van der Waals surface area contributed by atoms with Gasteiger partial charge >= 0.3 is 0 Å². The summed E-state index contributed by atoms with van der Waals surface area (Å²) in [4.78, 5) is 39.7. The monoisotopic (exact) mass is 539 g/mol. The van der Waals surface area contributed by atoms with Gasteiger partial charge in [0, 0.05) is 25.3 Å². The Balaban J connectivity index is 1.74. The molecule has 1 saturated heterocycles. The van der Waals surface area contributed by atoms with Crippen molar-refractivity contribution >= 4 is 35.2 Å². The summed E-state index contributed by atoms with van der Waals surface area (Å²) >= 11 is 1.65. The number of nitrogens with zero attached hydrogens (tertiary/aromatic N) is 2. The SMILES string of the molecule is CCN(CC)C(=O)C(C)c1ccc(C2SCC(=C=O)N2c2ccccc2OCCCCCC(=O)NO)cc1. The van der Waals surface area contributed by atoms with E-state index in [2.05, 4.69) is 5.94 Å². The van der Waals surface area contributed by atoms with Crippen molar-refractivity contribution in [2.24, 2.45) is 0 Å². The number of rotatable bonds is 13. The highest BCUT2D eigenvalue weighted by Crippen LogP contribution is 2.48. The average molecular weight is 540 g/mol. The third-order valence-corrected chi connectivity index (χ3v) is 7.98. The molecule has 1 aliphatic rings. The molecule has 2 aromatic carbocycles. The molecule has 2 amide bonds. The predicted molar refractivity (Wildman–Crippen MR) is 150 cm³/mol. The van der Waals surface area contributed by atoms with Crippen LogP contribution in [-0.4, -0.2) is 53.3 Å². The smallest absolute Gasteiger partial charge is 0.243 e. The molecule has 38 heavy (non-hydrogen) atoms. The lowest BCUT2D eigenvalue weighted by atomic mass is 9.98. The van der Waals surface area contributed by atoms with Gasteiger partial charge in [-0.25, -0.2) is 10.3 Å². The lowest BCUT2D eigenvalue weighted by molar-refractivity contribution is -0.132. The first-order chi connectivity index (χ1) is 18.4. The van der Waals surface area contributed by atoms with Crippen LogP contribution in [0.2, 0.25) is 0 Å². The van der Waals surface area contributed by atoms with E-state index in [-0.39, 0.29) is 29.5 Å². The number of ether oxygens (including phenoxy) is 1. The minimum atomic E-state index is -0.389. The number of likely N-dealkylation sites (N-methyl/N-ethyl adjacent to an activating group) is 1. The topological polar surface area (TPSA) is 99.2 Å². The van der Waals surface area contributed by atoms with Crippen molar-refractivity contribution in [3.05, 3.63) is 65.4 Å². The van der Waals surface area contributed by atoms with Gasteiger partial charge in [0.2, 0.25) is 11.8 Å². The molecule has 204 valence electrons. The Bertz CT molecular complexity index is 1130. The summed E-state index contributed by atoms with van der Waals surface area (Å²) in [5.74, 6) is 2.83. The fourth-order valence-electron chi connectivity index (χ4n) is 4.52. The second-order valence-corrected chi connectivity index (χ2v) is 10.2. The van der Waals surface area contributed by atoms with Gasteiger partial charge in [-0.15, -0.1) is 11.8 Å². The number of para-hydroxylation sites is 2. The number of unbranched alkanes of at least 4 members (excludes halogenated alkanes) is 2. The summed E-state index contributed by atoms with van der Waals surface area (Å²) in [6.07, 6.45) is 2.48. The number of carbonyl (C=O) groups is 2. The van der Waals surface area contributed by atoms with Gasteiger partial charge in [0.25, 0.3) is 0 Å². The van der Waals surface area contributed by atoms with E-state index in [0.717, 1.165) is 29.7 Å². The molecule has 2 aromatic rings. The number of anilines is 1. The molecule has 3 rings (SSSR count). The zero-order chi connectivity index (χ0) is 27.5. The third-order valence-electron chi connectivity index (χ3n) is 6.74. The summed E-state index contributed by atoms with van der Waals surface area (Å²) in [5.41, 5.74) is 4.99. The van der Waals surface area contributed by atoms with Crippen molar-refractivity contribution < 1.29 is 24.3 Å². The average Bonchev–Trinajstić information content (AvgIpc) is 3.39. The van der Waals surface area contributed by atoms with Crippen LogP contribution in [0.15, 0.2) is 54.2 Å². The van der Waals surface area contributed by atoms with Crippen molar-refractivity contribution in [3.8, 4) is 5.75 Å². The second kappa shape index (κ2) is 14.6. The zero-order valence-corrected chi connectivity index (χ0v) is 23.1. The van der Waals surface area contributed by atoms with Crippen LogP contribution in [-0.2, 0) is 14.4 Å².